The Morgan fingerprint density at radius 3 is 2.38 bits per heavy atom. The van der Waals surface area contributed by atoms with Gasteiger partial charge in [-0.05, 0) is 66.3 Å². The highest BCUT2D eigenvalue weighted by Gasteiger charge is 2.47. The van der Waals surface area contributed by atoms with Crippen LogP contribution in [-0.2, 0) is 17.6 Å². The van der Waals surface area contributed by atoms with Crippen LogP contribution in [-0.4, -0.2) is 35.5 Å². The van der Waals surface area contributed by atoms with Crippen molar-refractivity contribution in [3.63, 3.8) is 0 Å². The van der Waals surface area contributed by atoms with Crippen molar-refractivity contribution in [2.45, 2.75) is 90.8 Å². The highest BCUT2D eigenvalue weighted by atomic mass is 19.1. The minimum absolute atomic E-state index is 0.0517. The molecule has 0 unspecified atom stereocenters. The molecule has 0 aliphatic heterocycles. The quantitative estimate of drug-likeness (QED) is 0.452. The van der Waals surface area contributed by atoms with Crippen molar-refractivity contribution in [3.8, 4) is 0 Å². The van der Waals surface area contributed by atoms with Gasteiger partial charge in [-0.25, -0.2) is 4.39 Å². The number of halogens is 1. The molecule has 2 aromatic rings. The van der Waals surface area contributed by atoms with E-state index in [-0.39, 0.29) is 40.9 Å². The van der Waals surface area contributed by atoms with E-state index in [4.69, 9.17) is 0 Å². The molecule has 37 heavy (non-hydrogen) atoms. The van der Waals surface area contributed by atoms with Crippen LogP contribution in [0.1, 0.15) is 92.9 Å². The third-order valence-corrected chi connectivity index (χ3v) is 7.90. The van der Waals surface area contributed by atoms with Crippen molar-refractivity contribution in [1.82, 2.24) is 10.6 Å². The largest absolute Gasteiger partial charge is 0.390 e. The molecule has 2 aliphatic rings. The van der Waals surface area contributed by atoms with E-state index in [1.165, 1.54) is 24.6 Å². The van der Waals surface area contributed by atoms with Gasteiger partial charge >= 0.3 is 0 Å². The summed E-state index contributed by atoms with van der Waals surface area (Å²) in [6.45, 7) is 8.33. The molecule has 0 radical (unpaired) electrons. The molecule has 200 valence electrons. The average molecular weight is 509 g/mol. The van der Waals surface area contributed by atoms with Crippen LogP contribution in [0.4, 0.5) is 4.39 Å². The van der Waals surface area contributed by atoms with Gasteiger partial charge in [0.05, 0.1) is 12.1 Å². The number of ketones is 1. The van der Waals surface area contributed by atoms with Gasteiger partial charge in [0.15, 0.2) is 5.78 Å². The van der Waals surface area contributed by atoms with Crippen molar-refractivity contribution in [3.05, 3.63) is 70.5 Å². The van der Waals surface area contributed by atoms with Crippen LogP contribution in [0, 0.1) is 16.6 Å². The molecule has 1 saturated carbocycles. The van der Waals surface area contributed by atoms with Gasteiger partial charge < -0.3 is 15.7 Å². The van der Waals surface area contributed by atoms with E-state index in [1.54, 1.807) is 12.1 Å². The number of aliphatic hydroxyl groups excluding tert-OH is 1. The van der Waals surface area contributed by atoms with Crippen LogP contribution in [0.25, 0.3) is 0 Å². The fourth-order valence-corrected chi connectivity index (χ4v) is 6.20. The molecule has 5 nitrogen and oxygen atoms in total. The van der Waals surface area contributed by atoms with Gasteiger partial charge in [-0.3, -0.25) is 9.59 Å². The first-order valence-electron chi connectivity index (χ1n) is 13.6. The van der Waals surface area contributed by atoms with Crippen LogP contribution < -0.4 is 10.6 Å². The third-order valence-electron chi connectivity index (χ3n) is 7.90. The topological polar surface area (TPSA) is 78.4 Å². The maximum atomic E-state index is 13.6. The Morgan fingerprint density at radius 2 is 1.76 bits per heavy atom. The van der Waals surface area contributed by atoms with Gasteiger partial charge in [-0.15, -0.1) is 0 Å². The molecule has 2 aliphatic carbocycles. The van der Waals surface area contributed by atoms with Gasteiger partial charge in [0.25, 0.3) is 0 Å². The summed E-state index contributed by atoms with van der Waals surface area (Å²) in [7, 11) is 0. The number of nitrogens with one attached hydrogen (secondary N) is 2. The summed E-state index contributed by atoms with van der Waals surface area (Å²) in [4.78, 5) is 25.5. The fourth-order valence-electron chi connectivity index (χ4n) is 6.20. The number of Topliss-reactive ketones (excluding diaryl/α,β-unsaturated/α-hetero) is 1. The van der Waals surface area contributed by atoms with Gasteiger partial charge in [-0.2, -0.15) is 0 Å². The summed E-state index contributed by atoms with van der Waals surface area (Å²) in [5, 5.41) is 17.6. The Hall–Kier alpha value is -2.57. The van der Waals surface area contributed by atoms with Gasteiger partial charge in [0, 0.05) is 30.5 Å². The first-order chi connectivity index (χ1) is 17.5. The van der Waals surface area contributed by atoms with Gasteiger partial charge in [0.1, 0.15) is 5.82 Å². The zero-order valence-electron chi connectivity index (χ0n) is 22.6. The number of fused-ring (bicyclic) bond motifs is 1. The highest BCUT2D eigenvalue weighted by Crippen LogP contribution is 2.51. The lowest BCUT2D eigenvalue weighted by atomic mass is 9.67. The molecule has 0 aromatic heterocycles. The molecule has 0 saturated heterocycles. The zero-order valence-corrected chi connectivity index (χ0v) is 22.6. The first kappa shape index (κ1) is 27.5. The Kier molecular flexibility index (Phi) is 8.20. The zero-order chi connectivity index (χ0) is 26.8. The fraction of sp³-hybridized carbons (Fsp3) is 0.548. The number of hydrogen-bond acceptors (Lipinski definition) is 4. The van der Waals surface area contributed by atoms with E-state index in [1.807, 2.05) is 6.07 Å². The standard InChI is InChI=1S/C31H41FN2O3/c1-20(35)34-26(16-21-7-10-23(32)11-8-21)28(36)19-33-27-18-31(13-5-6-14-31)29(37)24-12-9-22(15-25(24)27)17-30(2,3)4/h7-12,15,26-28,33,36H,5-6,13-14,16-19H2,1-4H3,(H,34,35)/t26-,27+,28+/m0/s1. The monoisotopic (exact) mass is 508 g/mol. The second kappa shape index (κ2) is 11.0. The van der Waals surface area contributed by atoms with Crippen LogP contribution in [0.2, 0.25) is 0 Å². The highest BCUT2D eigenvalue weighted by molar-refractivity contribution is 6.03. The number of carbonyl (C=O) groups is 2. The van der Waals surface area contributed by atoms with Crippen molar-refractivity contribution in [1.29, 1.82) is 0 Å². The molecule has 1 spiro atoms. The molecule has 1 fully saturated rings. The van der Waals surface area contributed by atoms with Crippen LogP contribution in [0.3, 0.4) is 0 Å². The SMILES string of the molecule is CC(=O)N[C@@H](Cc1ccc(F)cc1)[C@H](O)CN[C@@H]1CC2(CCCC2)C(=O)c2ccc(CC(C)(C)C)cc21. The molecular formula is C31H41FN2O3. The molecule has 4 rings (SSSR count). The van der Waals surface area contributed by atoms with Crippen LogP contribution in [0.5, 0.6) is 0 Å². The minimum atomic E-state index is -0.854. The summed E-state index contributed by atoms with van der Waals surface area (Å²) < 4.78 is 13.4. The lowest BCUT2D eigenvalue weighted by Crippen LogP contribution is -2.49. The number of rotatable bonds is 8. The molecule has 3 N–H and O–H groups in total. The third kappa shape index (κ3) is 6.66. The lowest BCUT2D eigenvalue weighted by molar-refractivity contribution is -0.120. The van der Waals surface area contributed by atoms with Crippen molar-refractivity contribution in [2.75, 3.05) is 6.54 Å². The Labute approximate surface area is 220 Å². The summed E-state index contributed by atoms with van der Waals surface area (Å²) in [6, 6.07) is 11.8. The molecule has 0 heterocycles. The van der Waals surface area contributed by atoms with E-state index in [2.05, 4.69) is 43.5 Å². The second-order valence-corrected chi connectivity index (χ2v) is 12.3. The first-order valence-corrected chi connectivity index (χ1v) is 13.6. The summed E-state index contributed by atoms with van der Waals surface area (Å²) in [6.07, 6.45) is 5.14. The minimum Gasteiger partial charge on any atom is -0.390 e. The van der Waals surface area contributed by atoms with E-state index in [0.29, 0.717) is 6.42 Å². The lowest BCUT2D eigenvalue weighted by Gasteiger charge is -2.39. The summed E-state index contributed by atoms with van der Waals surface area (Å²) in [5.41, 5.74) is 3.68. The molecule has 2 aromatic carbocycles. The Balaban J connectivity index is 1.55. The predicted octanol–water partition coefficient (Wildman–Crippen LogP) is 5.30. The van der Waals surface area contributed by atoms with Crippen molar-refractivity contribution in [2.24, 2.45) is 10.8 Å². The predicted molar refractivity (Wildman–Crippen MR) is 144 cm³/mol. The van der Waals surface area contributed by atoms with E-state index >= 15 is 0 Å². The number of aliphatic hydroxyl groups is 1. The van der Waals surface area contributed by atoms with Crippen molar-refractivity contribution < 1.29 is 19.1 Å². The molecule has 1 amide bonds. The molecule has 6 heteroatoms. The second-order valence-electron chi connectivity index (χ2n) is 12.3. The van der Waals surface area contributed by atoms with E-state index in [9.17, 15) is 19.1 Å². The summed E-state index contributed by atoms with van der Waals surface area (Å²) >= 11 is 0. The maximum Gasteiger partial charge on any atom is 0.217 e. The Bertz CT molecular complexity index is 1120. The molecular weight excluding hydrogens is 467 g/mol. The average Bonchev–Trinajstić information content (AvgIpc) is 3.29. The maximum absolute atomic E-state index is 13.6. The Morgan fingerprint density at radius 1 is 1.11 bits per heavy atom. The van der Waals surface area contributed by atoms with Crippen LogP contribution >= 0.6 is 0 Å². The number of carbonyl (C=O) groups excluding carboxylic acids is 2. The number of amides is 1. The van der Waals surface area contributed by atoms with Crippen molar-refractivity contribution >= 4 is 11.7 Å². The number of hydrogen-bond donors (Lipinski definition) is 3. The van der Waals surface area contributed by atoms with Crippen LogP contribution in [0.15, 0.2) is 42.5 Å². The molecule has 3 atom stereocenters. The smallest absolute Gasteiger partial charge is 0.217 e. The normalized spacial score (nSPS) is 20.5. The number of benzene rings is 2. The summed E-state index contributed by atoms with van der Waals surface area (Å²) in [5.74, 6) is -0.274. The van der Waals surface area contributed by atoms with E-state index < -0.39 is 12.1 Å². The van der Waals surface area contributed by atoms with Gasteiger partial charge in [0.2, 0.25) is 5.91 Å². The van der Waals surface area contributed by atoms with Gasteiger partial charge in [-0.1, -0.05) is 63.9 Å². The molecule has 0 bridgehead atoms. The van der Waals surface area contributed by atoms with E-state index in [0.717, 1.165) is 55.2 Å².